The van der Waals surface area contributed by atoms with Crippen molar-refractivity contribution in [2.75, 3.05) is 0 Å². The molecular formula is C17H21FN2O. The Bertz CT molecular complexity index is 641. The van der Waals surface area contributed by atoms with Crippen LogP contribution in [0.3, 0.4) is 0 Å². The van der Waals surface area contributed by atoms with Gasteiger partial charge < -0.3 is 0 Å². The van der Waals surface area contributed by atoms with Crippen molar-refractivity contribution in [1.82, 2.24) is 9.78 Å². The van der Waals surface area contributed by atoms with Crippen LogP contribution in [-0.2, 0) is 23.2 Å². The van der Waals surface area contributed by atoms with Gasteiger partial charge in [-0.05, 0) is 51.5 Å². The van der Waals surface area contributed by atoms with Crippen LogP contribution < -0.4 is 0 Å². The minimum atomic E-state index is -0.648. The van der Waals surface area contributed by atoms with Crippen LogP contribution in [-0.4, -0.2) is 15.6 Å². The maximum atomic E-state index is 13.0. The molecule has 4 heteroatoms. The number of carbonyl (C=O) groups is 1. The topological polar surface area (TPSA) is 34.9 Å². The van der Waals surface area contributed by atoms with Gasteiger partial charge in [0.05, 0.1) is 5.69 Å². The van der Waals surface area contributed by atoms with E-state index >= 15 is 0 Å². The van der Waals surface area contributed by atoms with Crippen molar-refractivity contribution < 1.29 is 9.18 Å². The lowest BCUT2D eigenvalue weighted by atomic mass is 9.79. The monoisotopic (exact) mass is 288 g/mol. The van der Waals surface area contributed by atoms with Gasteiger partial charge in [0.15, 0.2) is 0 Å². The SMILES string of the molecule is CCn1nc(C)cc1CC(=O)C(C)(C)c1ccc(F)cc1. The molecule has 0 aliphatic carbocycles. The van der Waals surface area contributed by atoms with Crippen molar-refractivity contribution >= 4 is 5.78 Å². The number of halogens is 1. The highest BCUT2D eigenvalue weighted by molar-refractivity contribution is 5.90. The van der Waals surface area contributed by atoms with Crippen LogP contribution in [0.5, 0.6) is 0 Å². The summed E-state index contributed by atoms with van der Waals surface area (Å²) in [5.74, 6) is -0.189. The molecule has 0 saturated heterocycles. The van der Waals surface area contributed by atoms with Crippen molar-refractivity contribution in [3.63, 3.8) is 0 Å². The van der Waals surface area contributed by atoms with Crippen LogP contribution in [0.4, 0.5) is 4.39 Å². The maximum Gasteiger partial charge on any atom is 0.148 e. The molecule has 21 heavy (non-hydrogen) atoms. The van der Waals surface area contributed by atoms with Crippen molar-refractivity contribution in [3.05, 3.63) is 53.1 Å². The third-order valence-electron chi connectivity index (χ3n) is 3.89. The largest absolute Gasteiger partial charge is 0.298 e. The predicted molar refractivity (Wildman–Crippen MR) is 80.8 cm³/mol. The van der Waals surface area contributed by atoms with Gasteiger partial charge in [-0.1, -0.05) is 12.1 Å². The van der Waals surface area contributed by atoms with E-state index in [9.17, 15) is 9.18 Å². The molecule has 0 fully saturated rings. The molecule has 0 spiro atoms. The van der Waals surface area contributed by atoms with Gasteiger partial charge in [-0.2, -0.15) is 5.10 Å². The second kappa shape index (κ2) is 5.80. The Balaban J connectivity index is 2.23. The molecule has 3 nitrogen and oxygen atoms in total. The third kappa shape index (κ3) is 3.20. The molecule has 0 aliphatic heterocycles. The van der Waals surface area contributed by atoms with Crippen molar-refractivity contribution in [2.24, 2.45) is 0 Å². The van der Waals surface area contributed by atoms with E-state index in [2.05, 4.69) is 5.10 Å². The van der Waals surface area contributed by atoms with Gasteiger partial charge in [0.25, 0.3) is 0 Å². The van der Waals surface area contributed by atoms with E-state index in [0.29, 0.717) is 6.42 Å². The van der Waals surface area contributed by atoms with E-state index in [1.54, 1.807) is 12.1 Å². The normalized spacial score (nSPS) is 11.7. The quantitative estimate of drug-likeness (QED) is 0.844. The summed E-state index contributed by atoms with van der Waals surface area (Å²) in [4.78, 5) is 12.7. The number of benzene rings is 1. The van der Waals surface area contributed by atoms with Gasteiger partial charge in [0, 0.05) is 24.1 Å². The first-order valence-corrected chi connectivity index (χ1v) is 7.17. The van der Waals surface area contributed by atoms with Crippen molar-refractivity contribution in [3.8, 4) is 0 Å². The molecule has 2 rings (SSSR count). The van der Waals surface area contributed by atoms with E-state index in [1.807, 2.05) is 38.4 Å². The summed E-state index contributed by atoms with van der Waals surface area (Å²) in [5.41, 5.74) is 2.02. The van der Waals surface area contributed by atoms with Gasteiger partial charge in [0.1, 0.15) is 11.6 Å². The third-order valence-corrected chi connectivity index (χ3v) is 3.89. The fourth-order valence-corrected chi connectivity index (χ4v) is 2.43. The molecule has 0 unspecified atom stereocenters. The molecule has 0 aliphatic rings. The van der Waals surface area contributed by atoms with Crippen LogP contribution in [0.1, 0.15) is 37.7 Å². The Kier molecular flexibility index (Phi) is 4.26. The molecule has 0 saturated carbocycles. The van der Waals surface area contributed by atoms with Gasteiger partial charge in [-0.15, -0.1) is 0 Å². The Labute approximate surface area is 124 Å². The molecule has 0 bridgehead atoms. The zero-order valence-electron chi connectivity index (χ0n) is 13.0. The lowest BCUT2D eigenvalue weighted by Gasteiger charge is -2.24. The smallest absolute Gasteiger partial charge is 0.148 e. The van der Waals surface area contributed by atoms with E-state index in [1.165, 1.54) is 12.1 Å². The Morgan fingerprint density at radius 1 is 1.29 bits per heavy atom. The van der Waals surface area contributed by atoms with E-state index in [0.717, 1.165) is 23.5 Å². The Morgan fingerprint density at radius 3 is 2.48 bits per heavy atom. The zero-order chi connectivity index (χ0) is 15.6. The van der Waals surface area contributed by atoms with Gasteiger partial charge in [-0.3, -0.25) is 9.48 Å². The second-order valence-electron chi connectivity index (χ2n) is 5.82. The molecule has 2 aromatic rings. The number of ketones is 1. The van der Waals surface area contributed by atoms with Crippen molar-refractivity contribution in [1.29, 1.82) is 0 Å². The minimum Gasteiger partial charge on any atom is -0.298 e. The number of rotatable bonds is 5. The Hall–Kier alpha value is -1.97. The second-order valence-corrected chi connectivity index (χ2v) is 5.82. The van der Waals surface area contributed by atoms with E-state index in [-0.39, 0.29) is 11.6 Å². The summed E-state index contributed by atoms with van der Waals surface area (Å²) in [6.45, 7) is 8.42. The summed E-state index contributed by atoms with van der Waals surface area (Å²) in [7, 11) is 0. The van der Waals surface area contributed by atoms with Crippen LogP contribution in [0.2, 0.25) is 0 Å². The molecule has 1 aromatic carbocycles. The van der Waals surface area contributed by atoms with Crippen LogP contribution in [0.15, 0.2) is 30.3 Å². The molecular weight excluding hydrogens is 267 g/mol. The number of aromatic nitrogens is 2. The number of nitrogens with zero attached hydrogens (tertiary/aromatic N) is 2. The summed E-state index contributed by atoms with van der Waals surface area (Å²) >= 11 is 0. The number of hydrogen-bond donors (Lipinski definition) is 0. The number of hydrogen-bond acceptors (Lipinski definition) is 2. The molecule has 1 aromatic heterocycles. The number of Topliss-reactive ketones (excluding diaryl/α,β-unsaturated/α-hetero) is 1. The first-order valence-electron chi connectivity index (χ1n) is 7.17. The molecule has 1 heterocycles. The fraction of sp³-hybridized carbons (Fsp3) is 0.412. The van der Waals surface area contributed by atoms with Crippen LogP contribution in [0, 0.1) is 12.7 Å². The Morgan fingerprint density at radius 2 is 1.90 bits per heavy atom. The molecule has 112 valence electrons. The standard InChI is InChI=1S/C17H21FN2O/c1-5-20-15(10-12(2)19-20)11-16(21)17(3,4)13-6-8-14(18)9-7-13/h6-10H,5,11H2,1-4H3. The van der Waals surface area contributed by atoms with Crippen LogP contribution in [0.25, 0.3) is 0 Å². The average molecular weight is 288 g/mol. The molecule has 0 atom stereocenters. The number of carbonyl (C=O) groups excluding carboxylic acids is 1. The van der Waals surface area contributed by atoms with Gasteiger partial charge in [0.2, 0.25) is 0 Å². The highest BCUT2D eigenvalue weighted by Crippen LogP contribution is 2.26. The summed E-state index contributed by atoms with van der Waals surface area (Å²) in [6.07, 6.45) is 0.332. The van der Waals surface area contributed by atoms with Crippen molar-refractivity contribution in [2.45, 2.75) is 46.1 Å². The highest BCUT2D eigenvalue weighted by atomic mass is 19.1. The first kappa shape index (κ1) is 15.4. The minimum absolute atomic E-state index is 0.101. The molecule has 0 N–H and O–H groups in total. The average Bonchev–Trinajstić information content (AvgIpc) is 2.79. The zero-order valence-corrected chi connectivity index (χ0v) is 13.0. The van der Waals surface area contributed by atoms with E-state index in [4.69, 9.17) is 0 Å². The van der Waals surface area contributed by atoms with E-state index < -0.39 is 5.41 Å². The summed E-state index contributed by atoms with van der Waals surface area (Å²) < 4.78 is 14.9. The molecule has 0 radical (unpaired) electrons. The summed E-state index contributed by atoms with van der Waals surface area (Å²) in [6, 6.07) is 8.09. The molecule has 0 amide bonds. The summed E-state index contributed by atoms with van der Waals surface area (Å²) in [5, 5.41) is 4.36. The first-order chi connectivity index (χ1) is 9.84. The number of aryl methyl sites for hydroxylation is 2. The predicted octanol–water partition coefficient (Wildman–Crippen LogP) is 3.44. The van der Waals surface area contributed by atoms with Gasteiger partial charge in [-0.25, -0.2) is 4.39 Å². The fourth-order valence-electron chi connectivity index (χ4n) is 2.43. The maximum absolute atomic E-state index is 13.0. The van der Waals surface area contributed by atoms with Crippen LogP contribution >= 0.6 is 0 Å². The highest BCUT2D eigenvalue weighted by Gasteiger charge is 2.30. The van der Waals surface area contributed by atoms with Gasteiger partial charge >= 0.3 is 0 Å². The lowest BCUT2D eigenvalue weighted by Crippen LogP contribution is -2.31. The lowest BCUT2D eigenvalue weighted by molar-refractivity contribution is -0.122.